The number of aromatic nitrogens is 3. The molecule has 1 heterocycles. The Hall–Kier alpha value is -1.98. The van der Waals surface area contributed by atoms with Gasteiger partial charge in [-0.1, -0.05) is 29.8 Å². The molecule has 0 bridgehead atoms. The molecular formula is C15H12ClN3OS. The van der Waals surface area contributed by atoms with Gasteiger partial charge in [-0.15, -0.1) is 11.8 Å². The average molecular weight is 318 g/mol. The maximum atomic E-state index is 11.9. The molecule has 106 valence electrons. The molecule has 3 rings (SSSR count). The van der Waals surface area contributed by atoms with Crippen molar-refractivity contribution in [1.29, 1.82) is 0 Å². The van der Waals surface area contributed by atoms with Gasteiger partial charge in [-0.2, -0.15) is 5.10 Å². The van der Waals surface area contributed by atoms with Crippen LogP contribution in [-0.2, 0) is 5.75 Å². The molecule has 0 aliphatic heterocycles. The number of hydrogen-bond acceptors (Lipinski definition) is 3. The van der Waals surface area contributed by atoms with Gasteiger partial charge in [0.25, 0.3) is 0 Å². The van der Waals surface area contributed by atoms with Crippen LogP contribution in [0.25, 0.3) is 5.69 Å². The largest absolute Gasteiger partial charge is 0.347 e. The predicted molar refractivity (Wildman–Crippen MR) is 85.2 cm³/mol. The van der Waals surface area contributed by atoms with E-state index < -0.39 is 0 Å². The van der Waals surface area contributed by atoms with Gasteiger partial charge in [0, 0.05) is 9.92 Å². The summed E-state index contributed by atoms with van der Waals surface area (Å²) in [5.74, 6) is 1.28. The molecule has 2 aromatic carbocycles. The predicted octanol–water partition coefficient (Wildman–Crippen LogP) is 3.51. The zero-order valence-electron chi connectivity index (χ0n) is 11.0. The number of nitrogens with one attached hydrogen (secondary N) is 1. The monoisotopic (exact) mass is 317 g/mol. The highest BCUT2D eigenvalue weighted by Crippen LogP contribution is 2.23. The summed E-state index contributed by atoms with van der Waals surface area (Å²) in [7, 11) is 0. The van der Waals surface area contributed by atoms with Crippen LogP contribution in [0.15, 0.2) is 64.3 Å². The third kappa shape index (κ3) is 3.20. The van der Waals surface area contributed by atoms with Crippen molar-refractivity contribution in [2.75, 3.05) is 0 Å². The molecule has 0 aliphatic carbocycles. The Morgan fingerprint density at radius 2 is 1.81 bits per heavy atom. The normalized spacial score (nSPS) is 10.7. The summed E-state index contributed by atoms with van der Waals surface area (Å²) in [6.07, 6.45) is 0. The molecule has 0 saturated carbocycles. The fraction of sp³-hybridized carbons (Fsp3) is 0.0667. The standard InChI is InChI=1S/C15H12ClN3OS/c16-11-6-8-13(9-7-11)21-10-14-17-18-15(20)19(14)12-4-2-1-3-5-12/h1-9H,10H2,(H,18,20). The highest BCUT2D eigenvalue weighted by molar-refractivity contribution is 7.98. The first kappa shape index (κ1) is 14.0. The number of nitrogens with zero attached hydrogens (tertiary/aromatic N) is 2. The number of hydrogen-bond donors (Lipinski definition) is 1. The van der Waals surface area contributed by atoms with E-state index in [1.54, 1.807) is 16.3 Å². The lowest BCUT2D eigenvalue weighted by Crippen LogP contribution is -2.16. The number of aromatic amines is 1. The van der Waals surface area contributed by atoms with Crippen molar-refractivity contribution in [3.8, 4) is 5.69 Å². The van der Waals surface area contributed by atoms with Gasteiger partial charge in [-0.3, -0.25) is 0 Å². The first-order valence-corrected chi connectivity index (χ1v) is 7.70. The summed E-state index contributed by atoms with van der Waals surface area (Å²) in [5, 5.41) is 7.32. The maximum absolute atomic E-state index is 11.9. The van der Waals surface area contributed by atoms with Crippen molar-refractivity contribution in [1.82, 2.24) is 14.8 Å². The minimum Gasteiger partial charge on any atom is -0.246 e. The minimum atomic E-state index is -0.229. The fourth-order valence-electron chi connectivity index (χ4n) is 1.95. The minimum absolute atomic E-state index is 0.229. The second kappa shape index (κ2) is 6.20. The molecular weight excluding hydrogens is 306 g/mol. The van der Waals surface area contributed by atoms with E-state index in [0.29, 0.717) is 16.6 Å². The van der Waals surface area contributed by atoms with Crippen LogP contribution in [0.5, 0.6) is 0 Å². The average Bonchev–Trinajstić information content (AvgIpc) is 2.88. The number of H-pyrrole nitrogens is 1. The smallest absolute Gasteiger partial charge is 0.246 e. The third-order valence-corrected chi connectivity index (χ3v) is 4.20. The lowest BCUT2D eigenvalue weighted by molar-refractivity contribution is 0.933. The van der Waals surface area contributed by atoms with Crippen molar-refractivity contribution >= 4 is 23.4 Å². The first-order valence-electron chi connectivity index (χ1n) is 6.34. The summed E-state index contributed by atoms with van der Waals surface area (Å²) in [6.45, 7) is 0. The van der Waals surface area contributed by atoms with Crippen LogP contribution in [0.4, 0.5) is 0 Å². The number of para-hydroxylation sites is 1. The second-order valence-electron chi connectivity index (χ2n) is 4.36. The van der Waals surface area contributed by atoms with Crippen LogP contribution in [-0.4, -0.2) is 14.8 Å². The Kier molecular flexibility index (Phi) is 4.13. The molecule has 0 radical (unpaired) electrons. The Morgan fingerprint density at radius 1 is 1.10 bits per heavy atom. The van der Waals surface area contributed by atoms with Crippen LogP contribution in [0, 0.1) is 0 Å². The molecule has 21 heavy (non-hydrogen) atoms. The van der Waals surface area contributed by atoms with Gasteiger partial charge in [0.1, 0.15) is 5.82 Å². The van der Waals surface area contributed by atoms with E-state index in [2.05, 4.69) is 10.2 Å². The summed E-state index contributed by atoms with van der Waals surface area (Å²) in [5.41, 5.74) is 0.580. The Balaban J connectivity index is 1.84. The van der Waals surface area contributed by atoms with Crippen molar-refractivity contribution in [2.24, 2.45) is 0 Å². The number of thioether (sulfide) groups is 1. The third-order valence-electron chi connectivity index (χ3n) is 2.94. The van der Waals surface area contributed by atoms with E-state index in [-0.39, 0.29) is 5.69 Å². The second-order valence-corrected chi connectivity index (χ2v) is 5.84. The van der Waals surface area contributed by atoms with Gasteiger partial charge in [-0.05, 0) is 36.4 Å². The number of benzene rings is 2. The summed E-state index contributed by atoms with van der Waals surface area (Å²) in [4.78, 5) is 13.0. The van der Waals surface area contributed by atoms with E-state index in [1.165, 1.54) is 0 Å². The molecule has 0 saturated heterocycles. The fourth-order valence-corrected chi connectivity index (χ4v) is 2.89. The first-order chi connectivity index (χ1) is 10.2. The molecule has 0 unspecified atom stereocenters. The highest BCUT2D eigenvalue weighted by atomic mass is 35.5. The van der Waals surface area contributed by atoms with Crippen LogP contribution < -0.4 is 5.69 Å². The zero-order valence-corrected chi connectivity index (χ0v) is 12.6. The molecule has 1 N–H and O–H groups in total. The van der Waals surface area contributed by atoms with Crippen LogP contribution in [0.3, 0.4) is 0 Å². The van der Waals surface area contributed by atoms with E-state index in [0.717, 1.165) is 10.6 Å². The van der Waals surface area contributed by atoms with Gasteiger partial charge in [0.05, 0.1) is 11.4 Å². The van der Waals surface area contributed by atoms with Gasteiger partial charge < -0.3 is 0 Å². The van der Waals surface area contributed by atoms with Gasteiger partial charge >= 0.3 is 5.69 Å². The van der Waals surface area contributed by atoms with Gasteiger partial charge in [-0.25, -0.2) is 14.5 Å². The molecule has 3 aromatic rings. The Morgan fingerprint density at radius 3 is 2.52 bits per heavy atom. The lowest BCUT2D eigenvalue weighted by atomic mass is 10.3. The molecule has 6 heteroatoms. The lowest BCUT2D eigenvalue weighted by Gasteiger charge is -2.05. The summed E-state index contributed by atoms with van der Waals surface area (Å²) >= 11 is 7.47. The Bertz CT molecular complexity index is 781. The summed E-state index contributed by atoms with van der Waals surface area (Å²) < 4.78 is 1.59. The molecule has 0 spiro atoms. The maximum Gasteiger partial charge on any atom is 0.347 e. The molecule has 1 aromatic heterocycles. The molecule has 4 nitrogen and oxygen atoms in total. The number of halogens is 1. The van der Waals surface area contributed by atoms with Crippen LogP contribution in [0.2, 0.25) is 5.02 Å². The van der Waals surface area contributed by atoms with Crippen molar-refractivity contribution in [2.45, 2.75) is 10.6 Å². The highest BCUT2D eigenvalue weighted by Gasteiger charge is 2.10. The topological polar surface area (TPSA) is 50.7 Å². The Labute approximate surface area is 130 Å². The van der Waals surface area contributed by atoms with E-state index in [9.17, 15) is 4.79 Å². The molecule has 0 fully saturated rings. The molecule has 0 atom stereocenters. The SMILES string of the molecule is O=c1[nH]nc(CSc2ccc(Cl)cc2)n1-c1ccccc1. The molecule has 0 aliphatic rings. The van der Waals surface area contributed by atoms with Crippen LogP contribution >= 0.6 is 23.4 Å². The quantitative estimate of drug-likeness (QED) is 0.749. The van der Waals surface area contributed by atoms with Crippen LogP contribution in [0.1, 0.15) is 5.82 Å². The summed E-state index contributed by atoms with van der Waals surface area (Å²) in [6, 6.07) is 17.1. The number of rotatable bonds is 4. The van der Waals surface area contributed by atoms with E-state index in [4.69, 9.17) is 11.6 Å². The van der Waals surface area contributed by atoms with E-state index in [1.807, 2.05) is 54.6 Å². The van der Waals surface area contributed by atoms with Crippen molar-refractivity contribution < 1.29 is 0 Å². The van der Waals surface area contributed by atoms with E-state index >= 15 is 0 Å². The zero-order chi connectivity index (χ0) is 14.7. The van der Waals surface area contributed by atoms with Gasteiger partial charge in [0.2, 0.25) is 0 Å². The van der Waals surface area contributed by atoms with Crippen molar-refractivity contribution in [3.63, 3.8) is 0 Å². The molecule has 0 amide bonds. The van der Waals surface area contributed by atoms with Crippen molar-refractivity contribution in [3.05, 3.63) is 75.9 Å². The van der Waals surface area contributed by atoms with Gasteiger partial charge in [0.15, 0.2) is 0 Å².